The fourth-order valence-electron chi connectivity index (χ4n) is 1.45. The Morgan fingerprint density at radius 1 is 1.65 bits per heavy atom. The number of nitrogens with one attached hydrogen (secondary N) is 1. The molecule has 0 bridgehead atoms. The Hall–Kier alpha value is -1.76. The summed E-state index contributed by atoms with van der Waals surface area (Å²) in [7, 11) is 0. The maximum atomic E-state index is 10.7. The Balaban J connectivity index is 2.78. The van der Waals surface area contributed by atoms with Gasteiger partial charge < -0.3 is 21.9 Å². The first-order chi connectivity index (χ1) is 7.97. The summed E-state index contributed by atoms with van der Waals surface area (Å²) in [5.74, 6) is -0.154. The molecular weight excluding hydrogens is 222 g/mol. The smallest absolute Gasteiger partial charge is 0.248 e. The molecule has 17 heavy (non-hydrogen) atoms. The number of primary amides is 1. The number of aliphatic hydroxyl groups excluding tert-OH is 1. The van der Waals surface area contributed by atoms with E-state index < -0.39 is 12.0 Å². The van der Waals surface area contributed by atoms with Crippen LogP contribution in [-0.4, -0.2) is 33.4 Å². The Labute approximate surface area is 99.8 Å². The molecule has 1 atom stereocenters. The van der Waals surface area contributed by atoms with Crippen molar-refractivity contribution in [1.82, 2.24) is 9.78 Å². The van der Waals surface area contributed by atoms with Crippen molar-refractivity contribution in [3.63, 3.8) is 0 Å². The van der Waals surface area contributed by atoms with E-state index in [1.807, 2.05) is 6.92 Å². The number of aryl methyl sites for hydroxylation is 2. The number of aliphatic hydroxyl groups is 1. The van der Waals surface area contributed by atoms with Gasteiger partial charge in [-0.05, 0) is 13.3 Å². The Kier molecular flexibility index (Phi) is 4.33. The van der Waals surface area contributed by atoms with Crippen LogP contribution in [0.2, 0.25) is 0 Å². The predicted octanol–water partition coefficient (Wildman–Crippen LogP) is -0.558. The third kappa shape index (κ3) is 3.10. The minimum atomic E-state index is -1.24. The van der Waals surface area contributed by atoms with Gasteiger partial charge in [0.2, 0.25) is 5.91 Å². The minimum absolute atomic E-state index is 0.0222. The van der Waals surface area contributed by atoms with Crippen LogP contribution >= 0.6 is 0 Å². The molecule has 1 aromatic rings. The van der Waals surface area contributed by atoms with Gasteiger partial charge >= 0.3 is 0 Å². The van der Waals surface area contributed by atoms with Crippen molar-refractivity contribution in [3.8, 4) is 0 Å². The monoisotopic (exact) mass is 241 g/mol. The van der Waals surface area contributed by atoms with E-state index in [4.69, 9.17) is 11.5 Å². The van der Waals surface area contributed by atoms with Crippen LogP contribution < -0.4 is 16.8 Å². The minimum Gasteiger partial charge on any atom is -0.394 e. The summed E-state index contributed by atoms with van der Waals surface area (Å²) in [4.78, 5) is 10.7. The van der Waals surface area contributed by atoms with Gasteiger partial charge in [-0.25, -0.2) is 4.68 Å². The van der Waals surface area contributed by atoms with Crippen LogP contribution in [0.15, 0.2) is 0 Å². The summed E-state index contributed by atoms with van der Waals surface area (Å²) in [5.41, 5.74) is 12.1. The number of aromatic nitrogens is 2. The van der Waals surface area contributed by atoms with Gasteiger partial charge in [0.15, 0.2) is 0 Å². The molecule has 7 nitrogen and oxygen atoms in total. The van der Waals surface area contributed by atoms with Crippen molar-refractivity contribution in [2.45, 2.75) is 32.9 Å². The fraction of sp³-hybridized carbons (Fsp3) is 0.600. The van der Waals surface area contributed by atoms with E-state index >= 15 is 0 Å². The second-order valence-electron chi connectivity index (χ2n) is 3.87. The Morgan fingerprint density at radius 2 is 2.29 bits per heavy atom. The highest BCUT2D eigenvalue weighted by Gasteiger charge is 2.15. The van der Waals surface area contributed by atoms with Crippen LogP contribution in [0.4, 0.5) is 11.5 Å². The first-order valence-electron chi connectivity index (χ1n) is 5.51. The van der Waals surface area contributed by atoms with Gasteiger partial charge in [-0.3, -0.25) is 4.79 Å². The lowest BCUT2D eigenvalue weighted by atomic mass is 10.3. The van der Waals surface area contributed by atoms with E-state index in [9.17, 15) is 9.90 Å². The predicted molar refractivity (Wildman–Crippen MR) is 65.4 cm³/mol. The maximum Gasteiger partial charge on any atom is 0.248 e. The molecule has 0 aliphatic rings. The molecule has 0 aliphatic carbocycles. The summed E-state index contributed by atoms with van der Waals surface area (Å²) >= 11 is 0. The third-order valence-corrected chi connectivity index (χ3v) is 2.40. The fourth-order valence-corrected chi connectivity index (χ4v) is 1.45. The number of carbonyl (C=O) groups excluding carboxylic acids is 1. The molecule has 96 valence electrons. The molecule has 1 rings (SSSR count). The SMILES string of the molecule is CCCn1nc(C)c(N)c1NCC(O)C(N)=O. The van der Waals surface area contributed by atoms with Gasteiger partial charge in [-0.1, -0.05) is 6.92 Å². The highest BCUT2D eigenvalue weighted by atomic mass is 16.3. The summed E-state index contributed by atoms with van der Waals surface area (Å²) in [6, 6.07) is 0. The van der Waals surface area contributed by atoms with Gasteiger partial charge in [0.25, 0.3) is 0 Å². The number of nitrogen functional groups attached to an aromatic ring is 1. The van der Waals surface area contributed by atoms with Crippen molar-refractivity contribution >= 4 is 17.4 Å². The van der Waals surface area contributed by atoms with Crippen LogP contribution in [0, 0.1) is 6.92 Å². The van der Waals surface area contributed by atoms with Crippen molar-refractivity contribution in [1.29, 1.82) is 0 Å². The van der Waals surface area contributed by atoms with Gasteiger partial charge in [0.1, 0.15) is 11.9 Å². The lowest BCUT2D eigenvalue weighted by molar-refractivity contribution is -0.125. The molecule has 0 fully saturated rings. The summed E-state index contributed by atoms with van der Waals surface area (Å²) in [6.07, 6.45) is -0.326. The molecule has 6 N–H and O–H groups in total. The van der Waals surface area contributed by atoms with Crippen LogP contribution in [0.1, 0.15) is 19.0 Å². The van der Waals surface area contributed by atoms with Gasteiger partial charge in [0, 0.05) is 6.54 Å². The molecule has 0 aromatic carbocycles. The number of amides is 1. The maximum absolute atomic E-state index is 10.7. The van der Waals surface area contributed by atoms with Crippen molar-refractivity contribution < 1.29 is 9.90 Å². The number of anilines is 2. The van der Waals surface area contributed by atoms with E-state index in [0.717, 1.165) is 12.1 Å². The number of hydrogen-bond acceptors (Lipinski definition) is 5. The number of rotatable bonds is 6. The molecule has 0 radical (unpaired) electrons. The summed E-state index contributed by atoms with van der Waals surface area (Å²) in [5, 5.41) is 16.4. The zero-order valence-electron chi connectivity index (χ0n) is 10.1. The van der Waals surface area contributed by atoms with E-state index in [2.05, 4.69) is 10.4 Å². The Morgan fingerprint density at radius 3 is 2.82 bits per heavy atom. The third-order valence-electron chi connectivity index (χ3n) is 2.40. The van der Waals surface area contributed by atoms with Gasteiger partial charge in [-0.15, -0.1) is 0 Å². The molecule has 0 aliphatic heterocycles. The van der Waals surface area contributed by atoms with E-state index in [1.165, 1.54) is 0 Å². The molecule has 7 heteroatoms. The topological polar surface area (TPSA) is 119 Å². The molecule has 1 amide bonds. The molecule has 0 saturated carbocycles. The lowest BCUT2D eigenvalue weighted by Gasteiger charge is -2.12. The first kappa shape index (κ1) is 13.3. The number of hydrogen-bond donors (Lipinski definition) is 4. The normalized spacial score (nSPS) is 12.4. The van der Waals surface area contributed by atoms with Crippen LogP contribution in [-0.2, 0) is 11.3 Å². The lowest BCUT2D eigenvalue weighted by Crippen LogP contribution is -2.34. The number of carbonyl (C=O) groups is 1. The van der Waals surface area contributed by atoms with Crippen molar-refractivity contribution in [3.05, 3.63) is 5.69 Å². The molecule has 1 unspecified atom stereocenters. The zero-order valence-corrected chi connectivity index (χ0v) is 10.1. The van der Waals surface area contributed by atoms with E-state index in [0.29, 0.717) is 18.1 Å². The van der Waals surface area contributed by atoms with Crippen LogP contribution in [0.25, 0.3) is 0 Å². The first-order valence-corrected chi connectivity index (χ1v) is 5.51. The largest absolute Gasteiger partial charge is 0.394 e. The van der Waals surface area contributed by atoms with Crippen molar-refractivity contribution in [2.24, 2.45) is 5.73 Å². The molecule has 0 saturated heterocycles. The second-order valence-corrected chi connectivity index (χ2v) is 3.87. The highest BCUT2D eigenvalue weighted by molar-refractivity contribution is 5.79. The summed E-state index contributed by atoms with van der Waals surface area (Å²) < 4.78 is 1.72. The molecule has 1 aromatic heterocycles. The average Bonchev–Trinajstić information content (AvgIpc) is 2.52. The van der Waals surface area contributed by atoms with Crippen molar-refractivity contribution in [2.75, 3.05) is 17.6 Å². The van der Waals surface area contributed by atoms with E-state index in [-0.39, 0.29) is 6.54 Å². The van der Waals surface area contributed by atoms with Crippen LogP contribution in [0.5, 0.6) is 0 Å². The second kappa shape index (κ2) is 5.53. The quantitative estimate of drug-likeness (QED) is 0.532. The average molecular weight is 241 g/mol. The molecule has 0 spiro atoms. The van der Waals surface area contributed by atoms with Crippen LogP contribution in [0.3, 0.4) is 0 Å². The summed E-state index contributed by atoms with van der Waals surface area (Å²) in [6.45, 7) is 4.56. The number of nitrogens with zero attached hydrogens (tertiary/aromatic N) is 2. The molecular formula is C10H19N5O2. The van der Waals surface area contributed by atoms with Gasteiger partial charge in [-0.2, -0.15) is 5.10 Å². The Bertz CT molecular complexity index is 402. The zero-order chi connectivity index (χ0) is 13.0. The van der Waals surface area contributed by atoms with E-state index in [1.54, 1.807) is 11.6 Å². The highest BCUT2D eigenvalue weighted by Crippen LogP contribution is 2.22. The van der Waals surface area contributed by atoms with Gasteiger partial charge in [0.05, 0.1) is 17.9 Å². The number of nitrogens with two attached hydrogens (primary N) is 2. The molecule has 1 heterocycles. The standard InChI is InChI=1S/C10H19N5O2/c1-3-4-15-10(8(11)6(2)14-15)13-5-7(16)9(12)17/h7,13,16H,3-5,11H2,1-2H3,(H2,12,17).